The van der Waals surface area contributed by atoms with Crippen LogP contribution in [-0.2, 0) is 54.0 Å². The second-order valence-corrected chi connectivity index (χ2v) is 19.2. The van der Waals surface area contributed by atoms with Crippen LogP contribution in [0.1, 0.15) is 86.1 Å². The minimum Gasteiger partial charge on any atom is -0.491 e. The Morgan fingerprint density at radius 2 is 1.29 bits per heavy atom. The van der Waals surface area contributed by atoms with Gasteiger partial charge in [0.25, 0.3) is 23.3 Å². The van der Waals surface area contributed by atoms with E-state index in [2.05, 4.69) is 38.8 Å². The molecule has 4 heterocycles. The highest BCUT2D eigenvalue weighted by Gasteiger charge is 2.45. The van der Waals surface area contributed by atoms with Gasteiger partial charge >= 0.3 is 0 Å². The molecule has 0 spiro atoms. The van der Waals surface area contributed by atoms with Gasteiger partial charge in [-0.15, -0.1) is 0 Å². The summed E-state index contributed by atoms with van der Waals surface area (Å²) < 4.78 is 50.9. The summed E-state index contributed by atoms with van der Waals surface area (Å²) in [4.78, 5) is 83.0. The molecule has 0 radical (unpaired) electrons. The van der Waals surface area contributed by atoms with Gasteiger partial charge in [-0.3, -0.25) is 39.0 Å². The molecule has 0 aliphatic carbocycles. The molecule has 1 unspecified atom stereocenters. The van der Waals surface area contributed by atoms with Crippen molar-refractivity contribution >= 4 is 40.9 Å². The molecule has 428 valence electrons. The van der Waals surface area contributed by atoms with Crippen LogP contribution in [0.4, 0.5) is 11.4 Å². The van der Waals surface area contributed by atoms with Crippen molar-refractivity contribution in [2.75, 3.05) is 136 Å². The van der Waals surface area contributed by atoms with Gasteiger partial charge in [-0.1, -0.05) is 18.2 Å². The van der Waals surface area contributed by atoms with E-state index in [0.717, 1.165) is 57.9 Å². The van der Waals surface area contributed by atoms with E-state index in [9.17, 15) is 28.8 Å². The van der Waals surface area contributed by atoms with E-state index in [0.29, 0.717) is 147 Å². The number of hydrogen-bond donors (Lipinski definition) is 4. The zero-order valence-corrected chi connectivity index (χ0v) is 45.9. The average molecular weight is 1100 g/mol. The average Bonchev–Trinajstić information content (AvgIpc) is 3.95. The van der Waals surface area contributed by atoms with Crippen molar-refractivity contribution in [1.29, 1.82) is 0 Å². The summed E-state index contributed by atoms with van der Waals surface area (Å²) in [5.74, 6) is -1.73. The number of H-pyrrole nitrogens is 1. The number of pyridine rings is 1. The summed E-state index contributed by atoms with van der Waals surface area (Å²) in [6.45, 7) is 16.6. The number of nitrogens with one attached hydrogen (secondary N) is 4. The Balaban J connectivity index is 0.679. The van der Waals surface area contributed by atoms with Crippen LogP contribution < -0.4 is 31.1 Å². The maximum absolute atomic E-state index is 13.9. The number of anilines is 2. The summed E-state index contributed by atoms with van der Waals surface area (Å²) >= 11 is 0. The van der Waals surface area contributed by atoms with Crippen molar-refractivity contribution in [2.45, 2.75) is 72.0 Å². The van der Waals surface area contributed by atoms with Crippen LogP contribution in [0, 0.1) is 20.8 Å². The Morgan fingerprint density at radius 3 is 1.87 bits per heavy atom. The van der Waals surface area contributed by atoms with Gasteiger partial charge in [0.2, 0.25) is 11.8 Å². The lowest BCUT2D eigenvalue weighted by Crippen LogP contribution is -2.54. The number of benzene rings is 3. The number of carbonyl (C=O) groups excluding carboxylic acids is 5. The zero-order valence-electron chi connectivity index (χ0n) is 45.9. The van der Waals surface area contributed by atoms with Crippen LogP contribution in [-0.4, -0.2) is 177 Å². The van der Waals surface area contributed by atoms with Gasteiger partial charge in [0.15, 0.2) is 0 Å². The van der Waals surface area contributed by atoms with Crippen molar-refractivity contribution in [3.05, 3.63) is 110 Å². The molecule has 3 aliphatic rings. The minimum atomic E-state index is -1.02. The number of aromatic nitrogens is 1. The molecule has 0 bridgehead atoms. The van der Waals surface area contributed by atoms with Crippen LogP contribution in [0.15, 0.2) is 65.5 Å². The molecule has 21 heteroatoms. The normalized spacial score (nSPS) is 15.6. The lowest BCUT2D eigenvalue weighted by molar-refractivity contribution is -0.136. The Morgan fingerprint density at radius 1 is 0.696 bits per heavy atom. The summed E-state index contributed by atoms with van der Waals surface area (Å²) in [5.41, 5.74) is 7.13. The van der Waals surface area contributed by atoms with Gasteiger partial charge in [0.05, 0.1) is 104 Å². The molecule has 0 saturated carbocycles. The van der Waals surface area contributed by atoms with E-state index in [-0.39, 0.29) is 42.0 Å². The number of rotatable bonds is 34. The van der Waals surface area contributed by atoms with E-state index >= 15 is 0 Å². The third-order valence-electron chi connectivity index (χ3n) is 13.8. The third-order valence-corrected chi connectivity index (χ3v) is 13.8. The Kier molecular flexibility index (Phi) is 23.8. The van der Waals surface area contributed by atoms with Gasteiger partial charge in [-0.2, -0.15) is 0 Å². The molecule has 79 heavy (non-hydrogen) atoms. The smallest absolute Gasteiger partial charge is 0.264 e. The number of aryl methyl sites for hydroxylation is 2. The highest BCUT2D eigenvalue weighted by molar-refractivity contribution is 6.25. The number of nitrogens with zero attached hydrogens (tertiary/aromatic N) is 2. The molecule has 3 aliphatic heterocycles. The van der Waals surface area contributed by atoms with Gasteiger partial charge in [0.1, 0.15) is 18.4 Å². The number of amides is 5. The number of ether oxygens (including phenoxy) is 9. The molecule has 5 amide bonds. The lowest BCUT2D eigenvalue weighted by Gasteiger charge is -2.37. The maximum Gasteiger partial charge on any atom is 0.264 e. The van der Waals surface area contributed by atoms with E-state index in [4.69, 9.17) is 42.6 Å². The summed E-state index contributed by atoms with van der Waals surface area (Å²) in [7, 11) is 0. The Hall–Kier alpha value is -6.56. The van der Waals surface area contributed by atoms with Crippen molar-refractivity contribution in [2.24, 2.45) is 0 Å². The number of imide groups is 2. The molecule has 4 aromatic rings. The van der Waals surface area contributed by atoms with Gasteiger partial charge in [-0.25, -0.2) is 0 Å². The van der Waals surface area contributed by atoms with Gasteiger partial charge in [0, 0.05) is 73.5 Å². The minimum absolute atomic E-state index is 0.0571. The third kappa shape index (κ3) is 17.2. The molecule has 7 rings (SSSR count). The van der Waals surface area contributed by atoms with E-state index in [1.807, 2.05) is 57.2 Å². The van der Waals surface area contributed by atoms with Gasteiger partial charge < -0.3 is 63.1 Å². The first-order chi connectivity index (χ1) is 38.4. The van der Waals surface area contributed by atoms with Gasteiger partial charge in [-0.05, 0) is 112 Å². The fourth-order valence-corrected chi connectivity index (χ4v) is 9.69. The van der Waals surface area contributed by atoms with Crippen molar-refractivity contribution in [3.63, 3.8) is 0 Å². The number of hydrogen-bond acceptors (Lipinski definition) is 17. The first-order valence-electron chi connectivity index (χ1n) is 27.3. The van der Waals surface area contributed by atoms with E-state index in [1.165, 1.54) is 0 Å². The molecule has 2 saturated heterocycles. The van der Waals surface area contributed by atoms with E-state index in [1.54, 1.807) is 18.2 Å². The number of fused-ring (bicyclic) bond motifs is 1. The molecule has 1 aromatic heterocycles. The molecule has 1 atom stereocenters. The summed E-state index contributed by atoms with van der Waals surface area (Å²) in [6, 6.07) is 18.0. The Labute approximate surface area is 461 Å². The highest BCUT2D eigenvalue weighted by atomic mass is 16.6. The molecule has 4 N–H and O–H groups in total. The monoisotopic (exact) mass is 1100 g/mol. The topological polar surface area (TPSA) is 244 Å². The number of piperidine rings is 1. The SMILES string of the molecule is CCN(c1cc(-c2ccc(OCCOCCOCCOCCOCCOCCOCCOCCNc3cccc4c3C(=O)N(C3CCC(=O)NC3=O)C4=O)cc2)cc(C(=O)NCc2c(C)cc(C)[nH]c2=O)c1C)C1CCOCC1. The second-order valence-electron chi connectivity index (χ2n) is 19.2. The van der Waals surface area contributed by atoms with Crippen LogP contribution in [0.5, 0.6) is 5.75 Å². The number of aromatic amines is 1. The van der Waals surface area contributed by atoms with Crippen LogP contribution in [0.25, 0.3) is 11.1 Å². The first kappa shape index (κ1) is 60.1. The van der Waals surface area contributed by atoms with Crippen LogP contribution >= 0.6 is 0 Å². The Bertz CT molecular complexity index is 2730. The maximum atomic E-state index is 13.9. The largest absolute Gasteiger partial charge is 0.491 e. The predicted molar refractivity (Wildman–Crippen MR) is 294 cm³/mol. The number of carbonyl (C=O) groups is 5. The highest BCUT2D eigenvalue weighted by Crippen LogP contribution is 2.35. The second kappa shape index (κ2) is 31.3. The molecular formula is C58H76N6O15. The van der Waals surface area contributed by atoms with Crippen molar-refractivity contribution in [1.82, 2.24) is 20.5 Å². The predicted octanol–water partition coefficient (Wildman–Crippen LogP) is 4.91. The quantitative estimate of drug-likeness (QED) is 0.0359. The molecule has 21 nitrogen and oxygen atoms in total. The zero-order chi connectivity index (χ0) is 55.9. The van der Waals surface area contributed by atoms with E-state index < -0.39 is 29.7 Å². The molecule has 3 aromatic carbocycles. The molecular weight excluding hydrogens is 1020 g/mol. The lowest BCUT2D eigenvalue weighted by atomic mass is 9.95. The van der Waals surface area contributed by atoms with Crippen molar-refractivity contribution < 1.29 is 66.6 Å². The van der Waals surface area contributed by atoms with Crippen LogP contribution in [0.3, 0.4) is 0 Å². The summed E-state index contributed by atoms with van der Waals surface area (Å²) in [5, 5.41) is 8.36. The standard InChI is InChI=1S/C58H76N6O15/c1-5-63(44-15-18-71-19-16-44)51-37-43(36-47(41(51)4)54(66)60-38-48-39(2)35-40(3)61-55(48)67)42-9-11-45(12-10-42)79-34-33-78-32-31-77-30-29-76-28-27-75-26-25-74-24-23-73-22-21-72-20-17-59-49-8-6-7-46-53(49)58(70)64(57(46)69)50-13-14-52(65)62-56(50)68/h6-12,35-37,44,50,59H,5,13-34,38H2,1-4H3,(H,60,66)(H,61,67)(H,62,65,68). The van der Waals surface area contributed by atoms with Crippen molar-refractivity contribution in [3.8, 4) is 16.9 Å². The molecule has 2 fully saturated rings. The first-order valence-corrected chi connectivity index (χ1v) is 27.3. The fourth-order valence-electron chi connectivity index (χ4n) is 9.69. The fraction of sp³-hybridized carbons (Fsp3) is 0.517. The summed E-state index contributed by atoms with van der Waals surface area (Å²) in [6.07, 6.45) is 1.97. The van der Waals surface area contributed by atoms with Crippen LogP contribution in [0.2, 0.25) is 0 Å².